The van der Waals surface area contributed by atoms with Crippen molar-refractivity contribution in [2.75, 3.05) is 18.1 Å². The zero-order chi connectivity index (χ0) is 29.2. The normalized spacial score (nSPS) is 13.7. The smallest absolute Gasteiger partial charge is 0.337 e. The first-order chi connectivity index (χ1) is 19.0. The molecule has 0 saturated carbocycles. The number of hydrogen-bond donors (Lipinski definition) is 1. The van der Waals surface area contributed by atoms with Gasteiger partial charge in [-0.2, -0.15) is 0 Å². The van der Waals surface area contributed by atoms with E-state index in [0.29, 0.717) is 43.5 Å². The van der Waals surface area contributed by atoms with Gasteiger partial charge in [-0.05, 0) is 106 Å². The summed E-state index contributed by atoms with van der Waals surface area (Å²) in [7, 11) is 0. The summed E-state index contributed by atoms with van der Waals surface area (Å²) in [6.07, 6.45) is 0.797. The number of carbonyl (C=O) groups excluding carboxylic acids is 1. The van der Waals surface area contributed by atoms with E-state index in [4.69, 9.17) is 9.47 Å². The highest BCUT2D eigenvalue weighted by Crippen LogP contribution is 2.45. The standard InChI is InChI=1S/C34H41NO5/c1-8-22-19-25(39-10-3)15-16-26(22)32(36)35-18-17-27-28(35)20-23(9-2)30(31(33(37)38)40-34(5,6)7)29(27)24-13-11-21(4)12-14-24/h11-16,19-20,31H,8-10,17-18H2,1-7H3,(H,37,38)/t31-/m0/s1. The molecule has 0 aromatic heterocycles. The minimum absolute atomic E-state index is 0.0518. The quantitative estimate of drug-likeness (QED) is 0.306. The molecular formula is C34H41NO5. The van der Waals surface area contributed by atoms with Crippen LogP contribution in [-0.2, 0) is 28.8 Å². The first-order valence-corrected chi connectivity index (χ1v) is 14.2. The lowest BCUT2D eigenvalue weighted by molar-refractivity contribution is -0.160. The van der Waals surface area contributed by atoms with Crippen LogP contribution in [0.15, 0.2) is 48.5 Å². The highest BCUT2D eigenvalue weighted by Gasteiger charge is 2.36. The number of carboxylic acids is 1. The Labute approximate surface area is 237 Å². The molecule has 1 N–H and O–H groups in total. The Morgan fingerprint density at radius 2 is 1.65 bits per heavy atom. The number of rotatable bonds is 9. The molecule has 1 aliphatic rings. The average Bonchev–Trinajstić information content (AvgIpc) is 3.34. The van der Waals surface area contributed by atoms with E-state index in [9.17, 15) is 14.7 Å². The van der Waals surface area contributed by atoms with Gasteiger partial charge in [-0.3, -0.25) is 4.79 Å². The van der Waals surface area contributed by atoms with Crippen LogP contribution < -0.4 is 9.64 Å². The van der Waals surface area contributed by atoms with Crippen LogP contribution in [0.4, 0.5) is 5.69 Å². The molecule has 4 rings (SSSR count). The molecule has 0 bridgehead atoms. The highest BCUT2D eigenvalue weighted by atomic mass is 16.5. The first-order valence-electron chi connectivity index (χ1n) is 14.2. The summed E-state index contributed by atoms with van der Waals surface area (Å²) in [6, 6.07) is 15.8. The number of carboxylic acid groups (broad SMARTS) is 1. The lowest BCUT2D eigenvalue weighted by atomic mass is 9.85. The largest absolute Gasteiger partial charge is 0.494 e. The number of aryl methyl sites for hydroxylation is 3. The van der Waals surface area contributed by atoms with Crippen molar-refractivity contribution in [3.8, 4) is 16.9 Å². The van der Waals surface area contributed by atoms with Gasteiger partial charge in [0.05, 0.1) is 12.2 Å². The molecule has 1 aliphatic heterocycles. The summed E-state index contributed by atoms with van der Waals surface area (Å²) < 4.78 is 11.9. The first kappa shape index (κ1) is 29.3. The predicted octanol–water partition coefficient (Wildman–Crippen LogP) is 7.33. The molecular weight excluding hydrogens is 502 g/mol. The number of hydrogen-bond acceptors (Lipinski definition) is 4. The van der Waals surface area contributed by atoms with Gasteiger partial charge in [0.2, 0.25) is 0 Å². The van der Waals surface area contributed by atoms with E-state index in [1.807, 2.05) is 102 Å². The van der Waals surface area contributed by atoms with Gasteiger partial charge in [0.15, 0.2) is 6.10 Å². The molecule has 1 atom stereocenters. The van der Waals surface area contributed by atoms with Gasteiger partial charge in [-0.25, -0.2) is 4.79 Å². The number of anilines is 1. The van der Waals surface area contributed by atoms with Crippen molar-refractivity contribution in [1.82, 2.24) is 0 Å². The molecule has 0 spiro atoms. The molecule has 0 radical (unpaired) electrons. The third-order valence-corrected chi connectivity index (χ3v) is 7.34. The average molecular weight is 544 g/mol. The number of nitrogens with zero attached hydrogens (tertiary/aromatic N) is 1. The second kappa shape index (κ2) is 11.8. The second-order valence-electron chi connectivity index (χ2n) is 11.3. The van der Waals surface area contributed by atoms with Gasteiger partial charge in [-0.15, -0.1) is 0 Å². The Morgan fingerprint density at radius 1 is 0.975 bits per heavy atom. The molecule has 3 aromatic rings. The third kappa shape index (κ3) is 5.92. The Kier molecular flexibility index (Phi) is 8.69. The van der Waals surface area contributed by atoms with E-state index >= 15 is 0 Å². The van der Waals surface area contributed by atoms with Crippen LogP contribution in [0.25, 0.3) is 11.1 Å². The highest BCUT2D eigenvalue weighted by molar-refractivity contribution is 6.09. The van der Waals surface area contributed by atoms with Gasteiger partial charge in [0, 0.05) is 23.4 Å². The summed E-state index contributed by atoms with van der Waals surface area (Å²) >= 11 is 0. The SMILES string of the molecule is CCOc1ccc(C(=O)N2CCc3c2cc(CC)c([C@H](OC(C)(C)C)C(=O)O)c3-c2ccc(C)cc2)c(CC)c1. The topological polar surface area (TPSA) is 76.1 Å². The number of benzene rings is 3. The van der Waals surface area contributed by atoms with E-state index in [-0.39, 0.29) is 5.91 Å². The van der Waals surface area contributed by atoms with E-state index in [2.05, 4.69) is 0 Å². The van der Waals surface area contributed by atoms with E-state index in [1.54, 1.807) is 0 Å². The van der Waals surface area contributed by atoms with Crippen molar-refractivity contribution in [2.24, 2.45) is 0 Å². The van der Waals surface area contributed by atoms with Crippen molar-refractivity contribution in [2.45, 2.75) is 79.4 Å². The Bertz CT molecular complexity index is 1400. The number of carbonyl (C=O) groups is 2. The van der Waals surface area contributed by atoms with Crippen molar-refractivity contribution >= 4 is 17.6 Å². The lowest BCUT2D eigenvalue weighted by Gasteiger charge is -2.30. The fraction of sp³-hybridized carbons (Fsp3) is 0.412. The maximum absolute atomic E-state index is 14.0. The Balaban J connectivity index is 1.92. The van der Waals surface area contributed by atoms with Crippen LogP contribution in [0.5, 0.6) is 5.75 Å². The lowest BCUT2D eigenvalue weighted by Crippen LogP contribution is -2.30. The van der Waals surface area contributed by atoms with Crippen LogP contribution in [-0.4, -0.2) is 35.7 Å². The van der Waals surface area contributed by atoms with Gasteiger partial charge < -0.3 is 19.5 Å². The van der Waals surface area contributed by atoms with Crippen molar-refractivity contribution in [1.29, 1.82) is 0 Å². The Morgan fingerprint density at radius 3 is 2.23 bits per heavy atom. The van der Waals surface area contributed by atoms with Crippen molar-refractivity contribution in [3.63, 3.8) is 0 Å². The third-order valence-electron chi connectivity index (χ3n) is 7.34. The molecule has 3 aromatic carbocycles. The molecule has 6 nitrogen and oxygen atoms in total. The molecule has 212 valence electrons. The minimum Gasteiger partial charge on any atom is -0.494 e. The van der Waals surface area contributed by atoms with Crippen molar-refractivity contribution in [3.05, 3.63) is 81.9 Å². The van der Waals surface area contributed by atoms with E-state index < -0.39 is 17.7 Å². The fourth-order valence-electron chi connectivity index (χ4n) is 5.53. The summed E-state index contributed by atoms with van der Waals surface area (Å²) in [6.45, 7) is 14.7. The van der Waals surface area contributed by atoms with Gasteiger partial charge >= 0.3 is 5.97 Å². The number of fused-ring (bicyclic) bond motifs is 1. The van der Waals surface area contributed by atoms with Crippen LogP contribution in [0.2, 0.25) is 0 Å². The zero-order valence-electron chi connectivity index (χ0n) is 24.8. The van der Waals surface area contributed by atoms with E-state index in [0.717, 1.165) is 44.8 Å². The Hall–Kier alpha value is -3.64. The molecule has 0 aliphatic carbocycles. The number of ether oxygens (including phenoxy) is 2. The molecule has 6 heteroatoms. The predicted molar refractivity (Wildman–Crippen MR) is 160 cm³/mol. The van der Waals surface area contributed by atoms with Gasteiger partial charge in [0.25, 0.3) is 5.91 Å². The zero-order valence-corrected chi connectivity index (χ0v) is 24.8. The van der Waals surface area contributed by atoms with Crippen LogP contribution in [0, 0.1) is 6.92 Å². The molecule has 0 saturated heterocycles. The maximum Gasteiger partial charge on any atom is 0.337 e. The number of amides is 1. The summed E-state index contributed by atoms with van der Waals surface area (Å²) in [4.78, 5) is 28.6. The molecule has 1 heterocycles. The fourth-order valence-corrected chi connectivity index (χ4v) is 5.53. The van der Waals surface area contributed by atoms with Gasteiger partial charge in [-0.1, -0.05) is 43.7 Å². The molecule has 40 heavy (non-hydrogen) atoms. The summed E-state index contributed by atoms with van der Waals surface area (Å²) in [5.41, 5.74) is 7.23. The minimum atomic E-state index is -1.14. The maximum atomic E-state index is 14.0. The van der Waals surface area contributed by atoms with Crippen LogP contribution >= 0.6 is 0 Å². The summed E-state index contributed by atoms with van der Waals surface area (Å²) in [5.74, 6) is -0.314. The van der Waals surface area contributed by atoms with Crippen molar-refractivity contribution < 1.29 is 24.2 Å². The van der Waals surface area contributed by atoms with E-state index in [1.165, 1.54) is 0 Å². The van der Waals surface area contributed by atoms with Gasteiger partial charge in [0.1, 0.15) is 5.75 Å². The second-order valence-corrected chi connectivity index (χ2v) is 11.3. The molecule has 0 fully saturated rings. The monoisotopic (exact) mass is 543 g/mol. The molecule has 1 amide bonds. The molecule has 0 unspecified atom stereocenters. The van der Waals surface area contributed by atoms with Crippen LogP contribution in [0.1, 0.15) is 85.8 Å². The van der Waals surface area contributed by atoms with Crippen LogP contribution in [0.3, 0.4) is 0 Å². The number of aliphatic carboxylic acids is 1. The summed E-state index contributed by atoms with van der Waals surface area (Å²) in [5, 5.41) is 10.4.